The lowest BCUT2D eigenvalue weighted by atomic mass is 10.1. The normalized spacial score (nSPS) is 13.3. The van der Waals surface area contributed by atoms with Gasteiger partial charge in [0.1, 0.15) is 24.6 Å². The molecule has 162 valence electrons. The highest BCUT2D eigenvalue weighted by atomic mass is 16.5. The van der Waals surface area contributed by atoms with Crippen molar-refractivity contribution in [3.8, 4) is 17.2 Å². The number of nitrogens with one attached hydrogen (secondary N) is 2. The number of rotatable bonds is 10. The Morgan fingerprint density at radius 2 is 1.58 bits per heavy atom. The van der Waals surface area contributed by atoms with Crippen LogP contribution in [-0.4, -0.2) is 49.1 Å². The van der Waals surface area contributed by atoms with Crippen LogP contribution in [0.15, 0.2) is 66.7 Å². The van der Waals surface area contributed by atoms with Crippen LogP contribution in [0.5, 0.6) is 17.2 Å². The summed E-state index contributed by atoms with van der Waals surface area (Å²) in [5, 5.41) is 15.8. The van der Waals surface area contributed by atoms with Gasteiger partial charge in [-0.2, -0.15) is 0 Å². The van der Waals surface area contributed by atoms with E-state index in [-0.39, 0.29) is 12.7 Å². The molecular weight excluding hydrogens is 392 g/mol. The molecule has 0 spiro atoms. The summed E-state index contributed by atoms with van der Waals surface area (Å²) in [6.07, 6.45) is -0.719. The SMILES string of the molecule is COc1ccccc1OC(C)CNCC(O)COc1cccc2[nH]c3ccccc3c12. The average molecular weight is 421 g/mol. The van der Waals surface area contributed by atoms with E-state index in [4.69, 9.17) is 14.2 Å². The molecule has 3 N–H and O–H groups in total. The Balaban J connectivity index is 1.28. The molecule has 2 atom stereocenters. The van der Waals surface area contributed by atoms with Gasteiger partial charge in [0.2, 0.25) is 0 Å². The minimum absolute atomic E-state index is 0.0793. The molecule has 4 rings (SSSR count). The summed E-state index contributed by atoms with van der Waals surface area (Å²) in [6, 6.07) is 21.6. The van der Waals surface area contributed by atoms with Gasteiger partial charge in [-0.25, -0.2) is 0 Å². The van der Waals surface area contributed by atoms with Gasteiger partial charge in [0, 0.05) is 29.4 Å². The number of hydrogen-bond donors (Lipinski definition) is 3. The van der Waals surface area contributed by atoms with Crippen molar-refractivity contribution in [2.45, 2.75) is 19.1 Å². The summed E-state index contributed by atoms with van der Waals surface area (Å²) in [5.41, 5.74) is 2.09. The number of aromatic nitrogens is 1. The number of methoxy groups -OCH3 is 1. The molecule has 6 nitrogen and oxygen atoms in total. The summed E-state index contributed by atoms with van der Waals surface area (Å²) in [4.78, 5) is 3.40. The van der Waals surface area contributed by atoms with Crippen LogP contribution in [-0.2, 0) is 0 Å². The van der Waals surface area contributed by atoms with Gasteiger partial charge in [-0.15, -0.1) is 0 Å². The number of aliphatic hydroxyl groups is 1. The zero-order chi connectivity index (χ0) is 21.6. The van der Waals surface area contributed by atoms with E-state index in [1.807, 2.05) is 67.6 Å². The van der Waals surface area contributed by atoms with Crippen LogP contribution in [0, 0.1) is 0 Å². The van der Waals surface area contributed by atoms with Crippen molar-refractivity contribution in [2.75, 3.05) is 26.8 Å². The highest BCUT2D eigenvalue weighted by molar-refractivity contribution is 6.10. The number of H-pyrrole nitrogens is 1. The Labute approximate surface area is 181 Å². The number of para-hydroxylation sites is 3. The van der Waals surface area contributed by atoms with Crippen LogP contribution < -0.4 is 19.5 Å². The van der Waals surface area contributed by atoms with Gasteiger partial charge in [0.05, 0.1) is 12.6 Å². The first-order chi connectivity index (χ1) is 15.2. The molecule has 0 saturated heterocycles. The third-order valence-electron chi connectivity index (χ3n) is 5.13. The quantitative estimate of drug-likeness (QED) is 0.360. The Hall–Kier alpha value is -3.22. The van der Waals surface area contributed by atoms with E-state index in [2.05, 4.69) is 16.4 Å². The molecule has 1 heterocycles. The van der Waals surface area contributed by atoms with Crippen LogP contribution in [0.3, 0.4) is 0 Å². The second kappa shape index (κ2) is 9.73. The maximum absolute atomic E-state index is 10.4. The number of hydrogen-bond acceptors (Lipinski definition) is 5. The molecule has 1 aromatic heterocycles. The van der Waals surface area contributed by atoms with Crippen LogP contribution in [0.2, 0.25) is 0 Å². The Bertz CT molecular complexity index is 1140. The van der Waals surface area contributed by atoms with E-state index < -0.39 is 6.10 Å². The van der Waals surface area contributed by atoms with Crippen molar-refractivity contribution in [3.05, 3.63) is 66.7 Å². The Morgan fingerprint density at radius 1 is 0.871 bits per heavy atom. The molecule has 31 heavy (non-hydrogen) atoms. The zero-order valence-corrected chi connectivity index (χ0v) is 17.8. The monoisotopic (exact) mass is 420 g/mol. The predicted octanol–water partition coefficient (Wildman–Crippen LogP) is 4.13. The summed E-state index contributed by atoms with van der Waals surface area (Å²) in [7, 11) is 1.62. The van der Waals surface area contributed by atoms with E-state index in [1.165, 1.54) is 0 Å². The van der Waals surface area contributed by atoms with Crippen molar-refractivity contribution in [1.82, 2.24) is 10.3 Å². The lowest BCUT2D eigenvalue weighted by Crippen LogP contribution is -2.36. The van der Waals surface area contributed by atoms with Crippen LogP contribution in [0.25, 0.3) is 21.8 Å². The van der Waals surface area contributed by atoms with Gasteiger partial charge >= 0.3 is 0 Å². The first-order valence-corrected chi connectivity index (χ1v) is 10.5. The number of benzene rings is 3. The summed E-state index contributed by atoms with van der Waals surface area (Å²) in [5.74, 6) is 2.17. The minimum atomic E-state index is -0.640. The third-order valence-corrected chi connectivity index (χ3v) is 5.13. The highest BCUT2D eigenvalue weighted by Gasteiger charge is 2.13. The molecule has 3 aromatic carbocycles. The summed E-state index contributed by atoms with van der Waals surface area (Å²) >= 11 is 0. The molecule has 2 unspecified atom stereocenters. The number of aromatic amines is 1. The lowest BCUT2D eigenvalue weighted by Gasteiger charge is -2.19. The first kappa shape index (κ1) is 21.0. The van der Waals surface area contributed by atoms with Gasteiger partial charge in [0.15, 0.2) is 11.5 Å². The van der Waals surface area contributed by atoms with Crippen molar-refractivity contribution in [3.63, 3.8) is 0 Å². The fourth-order valence-corrected chi connectivity index (χ4v) is 3.66. The molecule has 0 aliphatic heterocycles. The van der Waals surface area contributed by atoms with Gasteiger partial charge in [0.25, 0.3) is 0 Å². The van der Waals surface area contributed by atoms with Crippen LogP contribution in [0.4, 0.5) is 0 Å². The van der Waals surface area contributed by atoms with Gasteiger partial charge < -0.3 is 29.6 Å². The predicted molar refractivity (Wildman–Crippen MR) is 123 cm³/mol. The average Bonchev–Trinajstić information content (AvgIpc) is 3.17. The first-order valence-electron chi connectivity index (χ1n) is 10.5. The second-order valence-corrected chi connectivity index (χ2v) is 7.55. The van der Waals surface area contributed by atoms with Crippen LogP contribution in [0.1, 0.15) is 6.92 Å². The topological polar surface area (TPSA) is 75.7 Å². The molecule has 4 aromatic rings. The smallest absolute Gasteiger partial charge is 0.161 e. The van der Waals surface area contributed by atoms with Crippen molar-refractivity contribution < 1.29 is 19.3 Å². The van der Waals surface area contributed by atoms with E-state index in [0.29, 0.717) is 24.6 Å². The van der Waals surface area contributed by atoms with Crippen molar-refractivity contribution in [2.24, 2.45) is 0 Å². The third kappa shape index (κ3) is 4.93. The summed E-state index contributed by atoms with van der Waals surface area (Å²) in [6.45, 7) is 3.17. The molecule has 0 bridgehead atoms. The second-order valence-electron chi connectivity index (χ2n) is 7.55. The highest BCUT2D eigenvalue weighted by Crippen LogP contribution is 2.33. The fraction of sp³-hybridized carbons (Fsp3) is 0.280. The van der Waals surface area contributed by atoms with Gasteiger partial charge in [-0.3, -0.25) is 0 Å². The van der Waals surface area contributed by atoms with Crippen molar-refractivity contribution >= 4 is 21.8 Å². The number of fused-ring (bicyclic) bond motifs is 3. The fourth-order valence-electron chi connectivity index (χ4n) is 3.66. The van der Waals surface area contributed by atoms with E-state index in [0.717, 1.165) is 27.6 Å². The molecule has 6 heteroatoms. The minimum Gasteiger partial charge on any atom is -0.493 e. The van der Waals surface area contributed by atoms with E-state index in [1.54, 1.807) is 7.11 Å². The van der Waals surface area contributed by atoms with E-state index >= 15 is 0 Å². The van der Waals surface area contributed by atoms with E-state index in [9.17, 15) is 5.11 Å². The lowest BCUT2D eigenvalue weighted by molar-refractivity contribution is 0.103. The standard InChI is InChI=1S/C25H28N2O4/c1-17(31-23-12-6-5-11-22(23)29-2)14-26-15-18(28)16-30-24-13-7-10-21-25(24)19-8-3-4-9-20(19)27-21/h3-13,17-18,26-28H,14-16H2,1-2H3. The van der Waals surface area contributed by atoms with Crippen LogP contribution >= 0.6 is 0 Å². The molecule has 0 aliphatic carbocycles. The molecule has 0 amide bonds. The summed E-state index contributed by atoms with van der Waals surface area (Å²) < 4.78 is 17.2. The Morgan fingerprint density at radius 3 is 2.42 bits per heavy atom. The largest absolute Gasteiger partial charge is 0.493 e. The number of ether oxygens (including phenoxy) is 3. The maximum Gasteiger partial charge on any atom is 0.161 e. The molecule has 0 aliphatic rings. The van der Waals surface area contributed by atoms with Gasteiger partial charge in [-0.05, 0) is 37.3 Å². The molecule has 0 radical (unpaired) electrons. The molecule has 0 fully saturated rings. The van der Waals surface area contributed by atoms with Gasteiger partial charge in [-0.1, -0.05) is 36.4 Å². The molecule has 0 saturated carbocycles. The zero-order valence-electron chi connectivity index (χ0n) is 17.8. The number of aliphatic hydroxyl groups excluding tert-OH is 1. The van der Waals surface area contributed by atoms with Crippen molar-refractivity contribution in [1.29, 1.82) is 0 Å². The Kier molecular flexibility index (Phi) is 6.60. The maximum atomic E-state index is 10.4. The molecular formula is C25H28N2O4.